The van der Waals surface area contributed by atoms with Crippen molar-refractivity contribution in [2.75, 3.05) is 30.4 Å². The number of amides is 2. The summed E-state index contributed by atoms with van der Waals surface area (Å²) in [6.07, 6.45) is -8.86. The summed E-state index contributed by atoms with van der Waals surface area (Å²) in [5.41, 5.74) is -1.36. The fourth-order valence-corrected chi connectivity index (χ4v) is 4.27. The Morgan fingerprint density at radius 3 is 2.21 bits per heavy atom. The molecular weight excluding hydrogens is 512 g/mol. The molecule has 1 aliphatic rings. The van der Waals surface area contributed by atoms with Crippen LogP contribution in [0.25, 0.3) is 11.4 Å². The molecular formula is C26H25F6N5O. The van der Waals surface area contributed by atoms with Gasteiger partial charge in [0.1, 0.15) is 5.82 Å². The fraction of sp³-hybridized carbons (Fsp3) is 0.346. The van der Waals surface area contributed by atoms with Gasteiger partial charge in [-0.1, -0.05) is 37.3 Å². The van der Waals surface area contributed by atoms with E-state index in [9.17, 15) is 31.1 Å². The van der Waals surface area contributed by atoms with Crippen LogP contribution in [0.15, 0.2) is 48.5 Å². The van der Waals surface area contributed by atoms with E-state index in [0.717, 1.165) is 17.7 Å². The van der Waals surface area contributed by atoms with E-state index in [0.29, 0.717) is 42.3 Å². The van der Waals surface area contributed by atoms with E-state index in [1.807, 2.05) is 49.2 Å². The zero-order valence-corrected chi connectivity index (χ0v) is 20.6. The summed E-state index contributed by atoms with van der Waals surface area (Å²) in [7, 11) is 1.86. The number of benzene rings is 2. The Labute approximate surface area is 215 Å². The summed E-state index contributed by atoms with van der Waals surface area (Å²) in [5.74, 6) is 1.15. The fourth-order valence-electron chi connectivity index (χ4n) is 4.27. The van der Waals surface area contributed by atoms with Crippen molar-refractivity contribution in [2.45, 2.75) is 38.7 Å². The van der Waals surface area contributed by atoms with Crippen molar-refractivity contribution in [3.05, 3.63) is 70.9 Å². The number of hydrogen-bond donors (Lipinski definition) is 1. The Morgan fingerprint density at radius 2 is 1.63 bits per heavy atom. The van der Waals surface area contributed by atoms with Crippen LogP contribution in [0, 0.1) is 0 Å². The van der Waals surface area contributed by atoms with Crippen LogP contribution in [0.1, 0.15) is 35.7 Å². The monoisotopic (exact) mass is 537 g/mol. The molecule has 202 valence electrons. The molecule has 0 saturated carbocycles. The quantitative estimate of drug-likeness (QED) is 0.372. The van der Waals surface area contributed by atoms with Crippen LogP contribution in [0.2, 0.25) is 0 Å². The lowest BCUT2D eigenvalue weighted by atomic mass is 10.0. The van der Waals surface area contributed by atoms with Gasteiger partial charge in [-0.2, -0.15) is 26.3 Å². The second kappa shape index (κ2) is 10.5. The molecule has 0 saturated heterocycles. The van der Waals surface area contributed by atoms with Crippen LogP contribution in [-0.2, 0) is 25.3 Å². The normalized spacial score (nSPS) is 13.7. The highest BCUT2D eigenvalue weighted by Gasteiger charge is 2.37. The van der Waals surface area contributed by atoms with Crippen LogP contribution in [0.3, 0.4) is 0 Å². The number of urea groups is 1. The molecule has 38 heavy (non-hydrogen) atoms. The lowest BCUT2D eigenvalue weighted by molar-refractivity contribution is -0.143. The van der Waals surface area contributed by atoms with Crippen LogP contribution < -0.4 is 10.2 Å². The van der Waals surface area contributed by atoms with Crippen LogP contribution >= 0.6 is 0 Å². The molecule has 0 unspecified atom stereocenters. The predicted molar refractivity (Wildman–Crippen MR) is 131 cm³/mol. The lowest BCUT2D eigenvalue weighted by Crippen LogP contribution is -2.40. The number of aromatic nitrogens is 2. The molecule has 0 spiro atoms. The number of rotatable bonds is 5. The zero-order valence-electron chi connectivity index (χ0n) is 20.6. The van der Waals surface area contributed by atoms with Gasteiger partial charge in [-0.3, -0.25) is 0 Å². The van der Waals surface area contributed by atoms with Crippen molar-refractivity contribution in [3.8, 4) is 11.4 Å². The molecule has 2 amide bonds. The molecule has 6 nitrogen and oxygen atoms in total. The first-order valence-electron chi connectivity index (χ1n) is 11.9. The number of carbonyl (C=O) groups is 1. The largest absolute Gasteiger partial charge is 0.416 e. The zero-order chi connectivity index (χ0) is 27.7. The molecule has 4 rings (SSSR count). The van der Waals surface area contributed by atoms with Crippen LogP contribution in [0.5, 0.6) is 0 Å². The van der Waals surface area contributed by atoms with Crippen LogP contribution in [-0.4, -0.2) is 41.0 Å². The SMILES string of the molecule is CCCN(C)c1nc(-c2ccccc2)nc2c1CN(C(=O)Nc1cc(C(F)(F)F)cc(C(F)(F)F)c1)CC2. The first kappa shape index (κ1) is 27.2. The van der Waals surface area contributed by atoms with E-state index in [1.165, 1.54) is 4.90 Å². The molecule has 2 heterocycles. The molecule has 2 aromatic carbocycles. The number of anilines is 2. The highest BCUT2D eigenvalue weighted by Crippen LogP contribution is 2.38. The number of halogens is 6. The predicted octanol–water partition coefficient (Wildman–Crippen LogP) is 6.62. The third-order valence-electron chi connectivity index (χ3n) is 6.12. The van der Waals surface area contributed by atoms with E-state index < -0.39 is 35.2 Å². The number of nitrogens with one attached hydrogen (secondary N) is 1. The average Bonchev–Trinajstić information content (AvgIpc) is 2.87. The van der Waals surface area contributed by atoms with Crippen molar-refractivity contribution in [2.24, 2.45) is 0 Å². The van der Waals surface area contributed by atoms with E-state index in [4.69, 9.17) is 9.97 Å². The topological polar surface area (TPSA) is 61.4 Å². The van der Waals surface area contributed by atoms with E-state index in [-0.39, 0.29) is 19.2 Å². The molecule has 0 aliphatic carbocycles. The third-order valence-corrected chi connectivity index (χ3v) is 6.12. The Hall–Kier alpha value is -3.83. The van der Waals surface area contributed by atoms with E-state index >= 15 is 0 Å². The molecule has 0 bridgehead atoms. The summed E-state index contributed by atoms with van der Waals surface area (Å²) >= 11 is 0. The van der Waals surface area contributed by atoms with Gasteiger partial charge in [0.05, 0.1) is 23.4 Å². The van der Waals surface area contributed by atoms with Gasteiger partial charge in [0.2, 0.25) is 0 Å². The molecule has 3 aromatic rings. The smallest absolute Gasteiger partial charge is 0.359 e. The van der Waals surface area contributed by atoms with Gasteiger partial charge >= 0.3 is 18.4 Å². The maximum Gasteiger partial charge on any atom is 0.416 e. The molecule has 12 heteroatoms. The third kappa shape index (κ3) is 6.00. The number of alkyl halides is 6. The van der Waals surface area contributed by atoms with E-state index in [2.05, 4.69) is 5.32 Å². The highest BCUT2D eigenvalue weighted by molar-refractivity contribution is 5.90. The Balaban J connectivity index is 1.64. The number of fused-ring (bicyclic) bond motifs is 1. The van der Waals surface area contributed by atoms with Gasteiger partial charge in [0.25, 0.3) is 0 Å². The van der Waals surface area contributed by atoms with Gasteiger partial charge in [-0.25, -0.2) is 14.8 Å². The molecule has 1 aliphatic heterocycles. The summed E-state index contributed by atoms with van der Waals surface area (Å²) in [6.45, 7) is 2.90. The minimum atomic E-state index is -5.02. The Morgan fingerprint density at radius 1 is 1.00 bits per heavy atom. The molecule has 0 radical (unpaired) electrons. The number of nitrogens with zero attached hydrogens (tertiary/aromatic N) is 4. The van der Waals surface area contributed by atoms with Gasteiger partial charge in [-0.05, 0) is 24.6 Å². The molecule has 1 aromatic heterocycles. The first-order chi connectivity index (χ1) is 17.9. The second-order valence-corrected chi connectivity index (χ2v) is 8.98. The number of carbonyl (C=O) groups excluding carboxylic acids is 1. The maximum atomic E-state index is 13.2. The minimum absolute atomic E-state index is 0.0182. The highest BCUT2D eigenvalue weighted by atomic mass is 19.4. The average molecular weight is 538 g/mol. The summed E-state index contributed by atoms with van der Waals surface area (Å²) in [6, 6.07) is 9.57. The molecule has 0 fully saturated rings. The van der Waals surface area contributed by atoms with Gasteiger partial charge in [-0.15, -0.1) is 0 Å². The van der Waals surface area contributed by atoms with Crippen molar-refractivity contribution >= 4 is 17.5 Å². The van der Waals surface area contributed by atoms with Crippen molar-refractivity contribution in [3.63, 3.8) is 0 Å². The van der Waals surface area contributed by atoms with Gasteiger partial charge in [0, 0.05) is 43.4 Å². The van der Waals surface area contributed by atoms with Crippen molar-refractivity contribution < 1.29 is 31.1 Å². The lowest BCUT2D eigenvalue weighted by Gasteiger charge is -2.32. The molecule has 0 atom stereocenters. The Kier molecular flexibility index (Phi) is 7.52. The number of hydrogen-bond acceptors (Lipinski definition) is 4. The van der Waals surface area contributed by atoms with Crippen molar-refractivity contribution in [1.82, 2.24) is 14.9 Å². The minimum Gasteiger partial charge on any atom is -0.359 e. The van der Waals surface area contributed by atoms with E-state index in [1.54, 1.807) is 0 Å². The maximum absolute atomic E-state index is 13.2. The summed E-state index contributed by atoms with van der Waals surface area (Å²) in [4.78, 5) is 25.7. The summed E-state index contributed by atoms with van der Waals surface area (Å²) < 4.78 is 79.3. The molecule has 1 N–H and O–H groups in total. The van der Waals surface area contributed by atoms with Crippen molar-refractivity contribution in [1.29, 1.82) is 0 Å². The standard InChI is InChI=1S/C26H25F6N5O/c1-3-10-36(2)23-20-15-37(11-9-21(20)34-22(35-23)16-7-5-4-6-8-16)24(38)33-19-13-17(25(27,28)29)12-18(14-19)26(30,31)32/h4-8,12-14H,3,9-11,15H2,1-2H3,(H,33,38). The first-order valence-corrected chi connectivity index (χ1v) is 11.9. The van der Waals surface area contributed by atoms with Gasteiger partial charge in [0.15, 0.2) is 5.82 Å². The second-order valence-electron chi connectivity index (χ2n) is 8.98. The van der Waals surface area contributed by atoms with Gasteiger partial charge < -0.3 is 15.1 Å². The van der Waals surface area contributed by atoms with Crippen LogP contribution in [0.4, 0.5) is 42.6 Å². The summed E-state index contributed by atoms with van der Waals surface area (Å²) in [5, 5.41) is 2.21. The Bertz CT molecular complexity index is 1280.